The average Bonchev–Trinajstić information content (AvgIpc) is 2.96. The van der Waals surface area contributed by atoms with Gasteiger partial charge < -0.3 is 10.1 Å². The van der Waals surface area contributed by atoms with Crippen LogP contribution in [-0.2, 0) is 4.74 Å². The average molecular weight is 273 g/mol. The number of imidazole rings is 1. The Balaban J connectivity index is 1.76. The van der Waals surface area contributed by atoms with Crippen molar-refractivity contribution in [1.29, 1.82) is 0 Å². The zero-order valence-corrected chi connectivity index (χ0v) is 12.1. The molecule has 4 nitrogen and oxygen atoms in total. The zero-order valence-electron chi connectivity index (χ0n) is 12.1. The Hall–Kier alpha value is -1.81. The summed E-state index contributed by atoms with van der Waals surface area (Å²) in [6, 6.07) is 10.2. The van der Waals surface area contributed by atoms with Gasteiger partial charge in [0.05, 0.1) is 0 Å². The smallest absolute Gasteiger partial charge is 0.207 e. The standard InChI is InChI=1S/C16H23N3O/c1-2-3-13-20-14-7-10-17-16-18-11-12-19(16)15-8-5-4-6-9-15/h4-6,8-9,11-12H,2-3,7,10,13-14H2,1H3,(H,17,18). The Bertz CT molecular complexity index is 481. The quantitative estimate of drug-likeness (QED) is 0.711. The molecule has 0 atom stereocenters. The fraction of sp³-hybridized carbons (Fsp3) is 0.438. The molecule has 1 N–H and O–H groups in total. The van der Waals surface area contributed by atoms with Crippen molar-refractivity contribution in [2.45, 2.75) is 26.2 Å². The fourth-order valence-electron chi connectivity index (χ4n) is 1.95. The van der Waals surface area contributed by atoms with E-state index in [1.54, 1.807) is 0 Å². The van der Waals surface area contributed by atoms with Gasteiger partial charge in [-0.15, -0.1) is 0 Å². The van der Waals surface area contributed by atoms with Gasteiger partial charge in [-0.25, -0.2) is 4.98 Å². The van der Waals surface area contributed by atoms with Crippen LogP contribution in [0, 0.1) is 0 Å². The molecule has 2 aromatic rings. The van der Waals surface area contributed by atoms with Crippen molar-refractivity contribution in [2.24, 2.45) is 0 Å². The van der Waals surface area contributed by atoms with Crippen molar-refractivity contribution >= 4 is 5.95 Å². The summed E-state index contributed by atoms with van der Waals surface area (Å²) in [4.78, 5) is 4.35. The van der Waals surface area contributed by atoms with Gasteiger partial charge >= 0.3 is 0 Å². The van der Waals surface area contributed by atoms with Gasteiger partial charge in [-0.1, -0.05) is 31.5 Å². The number of benzene rings is 1. The summed E-state index contributed by atoms with van der Waals surface area (Å²) in [5, 5.41) is 3.35. The van der Waals surface area contributed by atoms with E-state index >= 15 is 0 Å². The largest absolute Gasteiger partial charge is 0.381 e. The van der Waals surface area contributed by atoms with Crippen molar-refractivity contribution in [3.63, 3.8) is 0 Å². The van der Waals surface area contributed by atoms with Crippen LogP contribution in [0.1, 0.15) is 26.2 Å². The Labute approximate surface area is 120 Å². The first kappa shape index (κ1) is 14.6. The topological polar surface area (TPSA) is 39.1 Å². The van der Waals surface area contributed by atoms with E-state index in [0.717, 1.165) is 44.2 Å². The predicted molar refractivity (Wildman–Crippen MR) is 82.4 cm³/mol. The monoisotopic (exact) mass is 273 g/mol. The molecule has 0 fully saturated rings. The van der Waals surface area contributed by atoms with E-state index in [2.05, 4.69) is 33.9 Å². The SMILES string of the molecule is CCCCOCCCNc1nccn1-c1ccccc1. The summed E-state index contributed by atoms with van der Waals surface area (Å²) in [6.07, 6.45) is 7.10. The molecule has 4 heteroatoms. The molecule has 0 saturated heterocycles. The second-order valence-electron chi connectivity index (χ2n) is 4.70. The summed E-state index contributed by atoms with van der Waals surface area (Å²) in [7, 11) is 0. The zero-order chi connectivity index (χ0) is 14.0. The highest BCUT2D eigenvalue weighted by Gasteiger charge is 2.03. The van der Waals surface area contributed by atoms with E-state index in [0.29, 0.717) is 0 Å². The molecule has 0 unspecified atom stereocenters. The number of unbranched alkanes of at least 4 members (excludes halogenated alkanes) is 1. The van der Waals surface area contributed by atoms with Gasteiger partial charge in [0.15, 0.2) is 0 Å². The number of nitrogens with one attached hydrogen (secondary N) is 1. The van der Waals surface area contributed by atoms with E-state index in [4.69, 9.17) is 4.74 Å². The van der Waals surface area contributed by atoms with Crippen LogP contribution in [0.4, 0.5) is 5.95 Å². The third-order valence-electron chi connectivity index (χ3n) is 3.07. The highest BCUT2D eigenvalue weighted by molar-refractivity contribution is 5.41. The van der Waals surface area contributed by atoms with Crippen LogP contribution < -0.4 is 5.32 Å². The van der Waals surface area contributed by atoms with E-state index < -0.39 is 0 Å². The minimum absolute atomic E-state index is 0.805. The van der Waals surface area contributed by atoms with Crippen LogP contribution in [0.2, 0.25) is 0 Å². The Morgan fingerprint density at radius 3 is 2.75 bits per heavy atom. The number of hydrogen-bond donors (Lipinski definition) is 1. The van der Waals surface area contributed by atoms with E-state index in [9.17, 15) is 0 Å². The van der Waals surface area contributed by atoms with Crippen LogP contribution in [0.3, 0.4) is 0 Å². The molecule has 108 valence electrons. The van der Waals surface area contributed by atoms with Gasteiger partial charge in [0.1, 0.15) is 0 Å². The normalized spacial score (nSPS) is 10.7. The molecule has 0 aliphatic carbocycles. The van der Waals surface area contributed by atoms with Gasteiger partial charge in [-0.2, -0.15) is 0 Å². The first-order valence-electron chi connectivity index (χ1n) is 7.32. The summed E-state index contributed by atoms with van der Waals surface area (Å²) >= 11 is 0. The van der Waals surface area contributed by atoms with Crippen LogP contribution in [-0.4, -0.2) is 29.3 Å². The summed E-state index contributed by atoms with van der Waals surface area (Å²) in [6.45, 7) is 4.72. The number of anilines is 1. The molecule has 0 spiro atoms. The van der Waals surface area contributed by atoms with Crippen LogP contribution in [0.5, 0.6) is 0 Å². The van der Waals surface area contributed by atoms with Crippen molar-refractivity contribution in [3.05, 3.63) is 42.7 Å². The molecule has 0 radical (unpaired) electrons. The number of ether oxygens (including phenoxy) is 1. The lowest BCUT2D eigenvalue weighted by Crippen LogP contribution is -2.10. The molecule has 0 amide bonds. The highest BCUT2D eigenvalue weighted by Crippen LogP contribution is 2.13. The number of nitrogens with zero attached hydrogens (tertiary/aromatic N) is 2. The molecule has 20 heavy (non-hydrogen) atoms. The van der Waals surface area contributed by atoms with Crippen molar-refractivity contribution in [3.8, 4) is 5.69 Å². The lowest BCUT2D eigenvalue weighted by molar-refractivity contribution is 0.131. The molecule has 0 aliphatic rings. The van der Waals surface area contributed by atoms with E-state index in [-0.39, 0.29) is 0 Å². The summed E-state index contributed by atoms with van der Waals surface area (Å²) < 4.78 is 7.59. The van der Waals surface area contributed by atoms with E-state index in [1.807, 2.05) is 30.6 Å². The third-order valence-corrected chi connectivity index (χ3v) is 3.07. The number of para-hydroxylation sites is 1. The van der Waals surface area contributed by atoms with Crippen LogP contribution >= 0.6 is 0 Å². The molecule has 0 aliphatic heterocycles. The first-order valence-corrected chi connectivity index (χ1v) is 7.32. The minimum Gasteiger partial charge on any atom is -0.381 e. The second kappa shape index (κ2) is 8.38. The molecule has 1 aromatic heterocycles. The molecular weight excluding hydrogens is 250 g/mol. The van der Waals surface area contributed by atoms with Crippen LogP contribution in [0.15, 0.2) is 42.7 Å². The summed E-state index contributed by atoms with van der Waals surface area (Å²) in [5.74, 6) is 0.879. The van der Waals surface area contributed by atoms with Crippen molar-refractivity contribution < 1.29 is 4.74 Å². The number of rotatable bonds is 9. The number of aromatic nitrogens is 2. The number of hydrogen-bond acceptors (Lipinski definition) is 3. The molecule has 0 bridgehead atoms. The van der Waals surface area contributed by atoms with E-state index in [1.165, 1.54) is 6.42 Å². The van der Waals surface area contributed by atoms with Crippen molar-refractivity contribution in [2.75, 3.05) is 25.1 Å². The maximum absolute atomic E-state index is 5.54. The van der Waals surface area contributed by atoms with Gasteiger partial charge in [-0.05, 0) is 25.0 Å². The molecular formula is C16H23N3O. The Morgan fingerprint density at radius 2 is 1.95 bits per heavy atom. The first-order chi connectivity index (χ1) is 9.92. The Morgan fingerprint density at radius 1 is 1.15 bits per heavy atom. The molecule has 1 heterocycles. The maximum atomic E-state index is 5.54. The lowest BCUT2D eigenvalue weighted by atomic mass is 10.3. The van der Waals surface area contributed by atoms with Gasteiger partial charge in [0.25, 0.3) is 0 Å². The summed E-state index contributed by atoms with van der Waals surface area (Å²) in [5.41, 5.74) is 1.12. The van der Waals surface area contributed by atoms with Gasteiger partial charge in [0.2, 0.25) is 5.95 Å². The van der Waals surface area contributed by atoms with Crippen LogP contribution in [0.25, 0.3) is 5.69 Å². The minimum atomic E-state index is 0.805. The lowest BCUT2D eigenvalue weighted by Gasteiger charge is -2.09. The van der Waals surface area contributed by atoms with Crippen molar-refractivity contribution in [1.82, 2.24) is 9.55 Å². The predicted octanol–water partition coefficient (Wildman–Crippen LogP) is 3.49. The molecule has 0 saturated carbocycles. The Kier molecular flexibility index (Phi) is 6.11. The fourth-order valence-corrected chi connectivity index (χ4v) is 1.95. The maximum Gasteiger partial charge on any atom is 0.207 e. The molecule has 2 rings (SSSR count). The second-order valence-corrected chi connectivity index (χ2v) is 4.70. The van der Waals surface area contributed by atoms with Gasteiger partial charge in [0, 0.05) is 37.8 Å². The molecule has 1 aromatic carbocycles. The third kappa shape index (κ3) is 4.38. The highest BCUT2D eigenvalue weighted by atomic mass is 16.5. The van der Waals surface area contributed by atoms with Gasteiger partial charge in [-0.3, -0.25) is 4.57 Å².